The van der Waals surface area contributed by atoms with E-state index < -0.39 is 9.84 Å². The Morgan fingerprint density at radius 2 is 2.37 bits per heavy atom. The van der Waals surface area contributed by atoms with Gasteiger partial charge in [0.15, 0.2) is 15.6 Å². The molecular formula is C12H21N3O3S. The smallest absolute Gasteiger partial charge is 0.161 e. The third-order valence-corrected chi connectivity index (χ3v) is 5.58. The van der Waals surface area contributed by atoms with Crippen molar-refractivity contribution in [2.75, 3.05) is 25.7 Å². The summed E-state index contributed by atoms with van der Waals surface area (Å²) in [6, 6.07) is 0.0562. The first-order chi connectivity index (χ1) is 8.96. The Balaban J connectivity index is 2.14. The minimum Gasteiger partial charge on any atom is -0.493 e. The monoisotopic (exact) mass is 287 g/mol. The van der Waals surface area contributed by atoms with E-state index in [0.717, 1.165) is 24.3 Å². The van der Waals surface area contributed by atoms with Crippen LogP contribution in [0.5, 0.6) is 5.75 Å². The highest BCUT2D eigenvalue weighted by Crippen LogP contribution is 2.32. The van der Waals surface area contributed by atoms with E-state index in [1.165, 1.54) is 0 Å². The van der Waals surface area contributed by atoms with Crippen molar-refractivity contribution in [3.63, 3.8) is 0 Å². The summed E-state index contributed by atoms with van der Waals surface area (Å²) in [6.07, 6.45) is 3.22. The van der Waals surface area contributed by atoms with Crippen molar-refractivity contribution in [3.8, 4) is 5.75 Å². The quantitative estimate of drug-likeness (QED) is 0.854. The largest absolute Gasteiger partial charge is 0.493 e. The zero-order chi connectivity index (χ0) is 14.0. The first-order valence-corrected chi connectivity index (χ1v) is 8.22. The molecule has 0 aromatic carbocycles. The van der Waals surface area contributed by atoms with Crippen molar-refractivity contribution < 1.29 is 13.2 Å². The molecule has 1 N–H and O–H groups in total. The molecule has 2 atom stereocenters. The van der Waals surface area contributed by atoms with E-state index in [1.807, 2.05) is 14.1 Å². The Kier molecular flexibility index (Phi) is 4.15. The van der Waals surface area contributed by atoms with Crippen molar-refractivity contribution in [3.05, 3.63) is 11.9 Å². The van der Waals surface area contributed by atoms with Gasteiger partial charge in [-0.1, -0.05) is 0 Å². The third kappa shape index (κ3) is 3.09. The first-order valence-electron chi connectivity index (χ1n) is 6.40. The van der Waals surface area contributed by atoms with Crippen LogP contribution in [-0.2, 0) is 16.9 Å². The number of sulfone groups is 1. The standard InChI is InChI=1S/C12H21N3O3S/c1-13-10(6-9-4-5-19(16,17)8-9)12-11(18-3)7-14-15(12)2/h7,9-10,13H,4-6,8H2,1-3H3. The van der Waals surface area contributed by atoms with Crippen LogP contribution in [-0.4, -0.2) is 43.9 Å². The number of aryl methyl sites for hydroxylation is 1. The van der Waals surface area contributed by atoms with Gasteiger partial charge in [-0.05, 0) is 25.8 Å². The molecule has 108 valence electrons. The second-order valence-corrected chi connectivity index (χ2v) is 7.30. The molecule has 0 radical (unpaired) electrons. The molecule has 0 aliphatic carbocycles. The van der Waals surface area contributed by atoms with Crippen molar-refractivity contribution in [1.82, 2.24) is 15.1 Å². The van der Waals surface area contributed by atoms with Crippen LogP contribution in [0.15, 0.2) is 6.20 Å². The molecule has 19 heavy (non-hydrogen) atoms. The van der Waals surface area contributed by atoms with E-state index in [9.17, 15) is 8.42 Å². The summed E-state index contributed by atoms with van der Waals surface area (Å²) in [5, 5.41) is 7.43. The van der Waals surface area contributed by atoms with Gasteiger partial charge < -0.3 is 10.1 Å². The van der Waals surface area contributed by atoms with E-state index in [-0.39, 0.29) is 12.0 Å². The Morgan fingerprint density at radius 1 is 1.63 bits per heavy atom. The van der Waals surface area contributed by atoms with E-state index >= 15 is 0 Å². The van der Waals surface area contributed by atoms with Crippen molar-refractivity contribution in [1.29, 1.82) is 0 Å². The van der Waals surface area contributed by atoms with Crippen LogP contribution in [0.3, 0.4) is 0 Å². The van der Waals surface area contributed by atoms with E-state index in [0.29, 0.717) is 11.5 Å². The lowest BCUT2D eigenvalue weighted by atomic mass is 9.97. The molecule has 2 heterocycles. The molecule has 7 heteroatoms. The number of hydrogen-bond acceptors (Lipinski definition) is 5. The lowest BCUT2D eigenvalue weighted by Gasteiger charge is -2.20. The number of nitrogens with zero attached hydrogens (tertiary/aromatic N) is 2. The van der Waals surface area contributed by atoms with Gasteiger partial charge >= 0.3 is 0 Å². The van der Waals surface area contributed by atoms with Crippen molar-refractivity contribution in [2.24, 2.45) is 13.0 Å². The zero-order valence-electron chi connectivity index (χ0n) is 11.6. The van der Waals surface area contributed by atoms with Gasteiger partial charge in [-0.2, -0.15) is 5.10 Å². The molecule has 0 bridgehead atoms. The molecule has 1 fully saturated rings. The topological polar surface area (TPSA) is 73.2 Å². The van der Waals surface area contributed by atoms with E-state index in [2.05, 4.69) is 10.4 Å². The molecule has 2 unspecified atom stereocenters. The Hall–Kier alpha value is -1.08. The number of methoxy groups -OCH3 is 1. The van der Waals surface area contributed by atoms with Gasteiger partial charge in [-0.3, -0.25) is 4.68 Å². The molecule has 0 saturated carbocycles. The minimum atomic E-state index is -2.83. The summed E-state index contributed by atoms with van der Waals surface area (Å²) < 4.78 is 30.1. The molecule has 1 saturated heterocycles. The second kappa shape index (κ2) is 5.50. The van der Waals surface area contributed by atoms with Crippen LogP contribution < -0.4 is 10.1 Å². The van der Waals surface area contributed by atoms with Gasteiger partial charge in [0.25, 0.3) is 0 Å². The normalized spacial score (nSPS) is 23.4. The van der Waals surface area contributed by atoms with E-state index in [4.69, 9.17) is 4.74 Å². The molecule has 1 aliphatic rings. The highest BCUT2D eigenvalue weighted by atomic mass is 32.2. The van der Waals surface area contributed by atoms with Gasteiger partial charge in [0.05, 0.1) is 36.5 Å². The minimum absolute atomic E-state index is 0.0562. The van der Waals surface area contributed by atoms with Gasteiger partial charge in [0.1, 0.15) is 0 Å². The number of ether oxygens (including phenoxy) is 1. The number of hydrogen-bond donors (Lipinski definition) is 1. The van der Waals surface area contributed by atoms with Crippen molar-refractivity contribution >= 4 is 9.84 Å². The molecule has 1 aromatic heterocycles. The lowest BCUT2D eigenvalue weighted by molar-refractivity contribution is 0.375. The van der Waals surface area contributed by atoms with Gasteiger partial charge in [0, 0.05) is 7.05 Å². The van der Waals surface area contributed by atoms with Crippen molar-refractivity contribution in [2.45, 2.75) is 18.9 Å². The van der Waals surface area contributed by atoms with Crippen LogP contribution >= 0.6 is 0 Å². The maximum atomic E-state index is 11.5. The van der Waals surface area contributed by atoms with Crippen LogP contribution in [0.4, 0.5) is 0 Å². The summed E-state index contributed by atoms with van der Waals surface area (Å²) >= 11 is 0. The van der Waals surface area contributed by atoms with Gasteiger partial charge in [0.2, 0.25) is 0 Å². The average molecular weight is 287 g/mol. The maximum absolute atomic E-state index is 11.5. The van der Waals surface area contributed by atoms with Gasteiger partial charge in [-0.25, -0.2) is 8.42 Å². The Morgan fingerprint density at radius 3 is 2.89 bits per heavy atom. The number of rotatable bonds is 5. The first kappa shape index (κ1) is 14.3. The lowest BCUT2D eigenvalue weighted by Crippen LogP contribution is -2.23. The fourth-order valence-electron chi connectivity index (χ4n) is 2.74. The molecule has 0 spiro atoms. The van der Waals surface area contributed by atoms with E-state index in [1.54, 1.807) is 18.0 Å². The predicted molar refractivity (Wildman–Crippen MR) is 72.9 cm³/mol. The van der Waals surface area contributed by atoms with Gasteiger partial charge in [-0.15, -0.1) is 0 Å². The highest BCUT2D eigenvalue weighted by molar-refractivity contribution is 7.91. The fraction of sp³-hybridized carbons (Fsp3) is 0.750. The summed E-state index contributed by atoms with van der Waals surface area (Å²) in [4.78, 5) is 0. The molecular weight excluding hydrogens is 266 g/mol. The SMILES string of the molecule is CNC(CC1CCS(=O)(=O)C1)c1c(OC)cnn1C. The highest BCUT2D eigenvalue weighted by Gasteiger charge is 2.31. The molecule has 2 rings (SSSR count). The number of aromatic nitrogens is 2. The summed E-state index contributed by atoms with van der Waals surface area (Å²) in [5.41, 5.74) is 0.967. The molecule has 0 amide bonds. The Labute approximate surface area is 114 Å². The average Bonchev–Trinajstić information content (AvgIpc) is 2.89. The van der Waals surface area contributed by atoms with Crippen LogP contribution in [0.25, 0.3) is 0 Å². The third-order valence-electron chi connectivity index (χ3n) is 3.74. The van der Waals surface area contributed by atoms with Crippen LogP contribution in [0.1, 0.15) is 24.6 Å². The Bertz CT molecular complexity index is 538. The second-order valence-electron chi connectivity index (χ2n) is 5.07. The van der Waals surface area contributed by atoms with Crippen LogP contribution in [0.2, 0.25) is 0 Å². The predicted octanol–water partition coefficient (Wildman–Crippen LogP) is 0.514. The summed E-state index contributed by atoms with van der Waals surface area (Å²) in [6.45, 7) is 0. The summed E-state index contributed by atoms with van der Waals surface area (Å²) in [5.74, 6) is 1.56. The fourth-order valence-corrected chi connectivity index (χ4v) is 4.62. The summed E-state index contributed by atoms with van der Waals surface area (Å²) in [7, 11) is 2.54. The molecule has 1 aromatic rings. The number of nitrogens with one attached hydrogen (secondary N) is 1. The maximum Gasteiger partial charge on any atom is 0.161 e. The molecule has 1 aliphatic heterocycles. The van der Waals surface area contributed by atoms with Crippen LogP contribution in [0, 0.1) is 5.92 Å². The zero-order valence-corrected chi connectivity index (χ0v) is 12.4. The molecule has 6 nitrogen and oxygen atoms in total.